The quantitative estimate of drug-likeness (QED) is 0.862. The zero-order valence-corrected chi connectivity index (χ0v) is 12.0. The zero-order valence-electron chi connectivity index (χ0n) is 12.0. The van der Waals surface area contributed by atoms with Gasteiger partial charge in [0.1, 0.15) is 0 Å². The highest BCUT2D eigenvalue weighted by Crippen LogP contribution is 2.31. The van der Waals surface area contributed by atoms with Gasteiger partial charge >= 0.3 is 12.0 Å². The van der Waals surface area contributed by atoms with Gasteiger partial charge in [-0.15, -0.1) is 0 Å². The summed E-state index contributed by atoms with van der Waals surface area (Å²) in [6.07, 6.45) is 3.89. The lowest BCUT2D eigenvalue weighted by Gasteiger charge is -2.39. The zero-order chi connectivity index (χ0) is 14.8. The van der Waals surface area contributed by atoms with Crippen LogP contribution in [0.1, 0.15) is 36.4 Å². The first-order chi connectivity index (χ1) is 10.2. The number of hydrogen-bond donors (Lipinski definition) is 1. The van der Waals surface area contributed by atoms with Crippen LogP contribution in [-0.2, 0) is 11.2 Å². The molecule has 0 radical (unpaired) electrons. The van der Waals surface area contributed by atoms with Crippen LogP contribution in [0, 0.1) is 0 Å². The number of aliphatic carboxylic acids is 1. The van der Waals surface area contributed by atoms with Crippen LogP contribution in [0.3, 0.4) is 0 Å². The third-order valence-corrected chi connectivity index (χ3v) is 4.39. The van der Waals surface area contributed by atoms with E-state index in [4.69, 9.17) is 0 Å². The van der Waals surface area contributed by atoms with Gasteiger partial charge in [-0.1, -0.05) is 24.3 Å². The first-order valence-corrected chi connectivity index (χ1v) is 7.54. The Morgan fingerprint density at radius 3 is 2.48 bits per heavy atom. The van der Waals surface area contributed by atoms with Crippen LogP contribution in [0.15, 0.2) is 24.3 Å². The lowest BCUT2D eigenvalue weighted by Crippen LogP contribution is -2.51. The molecule has 0 spiro atoms. The second-order valence-corrected chi connectivity index (χ2v) is 5.71. The molecule has 2 heterocycles. The van der Waals surface area contributed by atoms with Crippen molar-refractivity contribution in [1.29, 1.82) is 0 Å². The van der Waals surface area contributed by atoms with E-state index in [-0.39, 0.29) is 6.03 Å². The van der Waals surface area contributed by atoms with Crippen molar-refractivity contribution in [3.05, 3.63) is 35.4 Å². The average molecular weight is 288 g/mol. The molecule has 1 aromatic rings. The molecule has 0 aliphatic carbocycles. The molecule has 5 nitrogen and oxygen atoms in total. The van der Waals surface area contributed by atoms with E-state index in [1.807, 2.05) is 24.3 Å². The summed E-state index contributed by atoms with van der Waals surface area (Å²) in [4.78, 5) is 27.7. The number of amides is 2. The van der Waals surface area contributed by atoms with Gasteiger partial charge in [-0.05, 0) is 36.8 Å². The summed E-state index contributed by atoms with van der Waals surface area (Å²) in [5.74, 6) is -0.951. The molecule has 2 aliphatic heterocycles. The van der Waals surface area contributed by atoms with Crippen molar-refractivity contribution < 1.29 is 14.7 Å². The third kappa shape index (κ3) is 2.60. The number of piperidine rings is 1. The number of hydrogen-bond acceptors (Lipinski definition) is 2. The monoisotopic (exact) mass is 288 g/mol. The Hall–Kier alpha value is -2.04. The van der Waals surface area contributed by atoms with Crippen LogP contribution in [0.2, 0.25) is 0 Å². The Balaban J connectivity index is 1.88. The molecular weight excluding hydrogens is 268 g/mol. The standard InChI is InChI=1S/C16H20N2O3/c19-15(20)14-13-7-3-2-6-12(13)8-11-18(14)16(21)17-9-4-1-5-10-17/h2-3,6-7,14H,1,4-5,8-11H2,(H,19,20). The molecule has 0 bridgehead atoms. The highest BCUT2D eigenvalue weighted by Gasteiger charge is 2.37. The third-order valence-electron chi connectivity index (χ3n) is 4.39. The number of urea groups is 1. The van der Waals surface area contributed by atoms with Gasteiger partial charge in [0.15, 0.2) is 6.04 Å². The van der Waals surface area contributed by atoms with Crippen LogP contribution >= 0.6 is 0 Å². The maximum absolute atomic E-state index is 12.7. The summed E-state index contributed by atoms with van der Waals surface area (Å²) in [6, 6.07) is 6.54. The van der Waals surface area contributed by atoms with Crippen molar-refractivity contribution >= 4 is 12.0 Å². The maximum Gasteiger partial charge on any atom is 0.331 e. The molecule has 1 N–H and O–H groups in total. The lowest BCUT2D eigenvalue weighted by molar-refractivity contribution is -0.143. The molecule has 0 aromatic heterocycles. The predicted molar refractivity (Wildman–Crippen MR) is 78.0 cm³/mol. The summed E-state index contributed by atoms with van der Waals surface area (Å²) < 4.78 is 0. The molecule has 5 heteroatoms. The number of carboxylic acids is 1. The van der Waals surface area contributed by atoms with Crippen molar-refractivity contribution in [3.63, 3.8) is 0 Å². The number of carboxylic acid groups (broad SMARTS) is 1. The van der Waals surface area contributed by atoms with E-state index in [0.717, 1.165) is 49.9 Å². The van der Waals surface area contributed by atoms with E-state index >= 15 is 0 Å². The Morgan fingerprint density at radius 1 is 1.05 bits per heavy atom. The van der Waals surface area contributed by atoms with Crippen LogP contribution in [0.5, 0.6) is 0 Å². The summed E-state index contributed by atoms with van der Waals surface area (Å²) in [6.45, 7) is 1.95. The molecule has 1 atom stereocenters. The number of benzene rings is 1. The fourth-order valence-electron chi connectivity index (χ4n) is 3.31. The van der Waals surface area contributed by atoms with Crippen LogP contribution in [0.25, 0.3) is 0 Å². The van der Waals surface area contributed by atoms with E-state index in [2.05, 4.69) is 0 Å². The molecule has 1 aromatic carbocycles. The van der Waals surface area contributed by atoms with Gasteiger partial charge < -0.3 is 14.9 Å². The van der Waals surface area contributed by atoms with Gasteiger partial charge in [0, 0.05) is 19.6 Å². The molecule has 1 unspecified atom stereocenters. The van der Waals surface area contributed by atoms with Crippen molar-refractivity contribution in [2.45, 2.75) is 31.7 Å². The van der Waals surface area contributed by atoms with E-state index < -0.39 is 12.0 Å². The second kappa shape index (κ2) is 5.76. The molecule has 0 saturated carbocycles. The molecule has 2 aliphatic rings. The fraction of sp³-hybridized carbons (Fsp3) is 0.500. The average Bonchev–Trinajstić information content (AvgIpc) is 2.53. The molecule has 21 heavy (non-hydrogen) atoms. The maximum atomic E-state index is 12.7. The first-order valence-electron chi connectivity index (χ1n) is 7.54. The summed E-state index contributed by atoms with van der Waals surface area (Å²) in [7, 11) is 0. The van der Waals surface area contributed by atoms with Gasteiger partial charge in [-0.25, -0.2) is 9.59 Å². The predicted octanol–water partition coefficient (Wildman–Crippen LogP) is 2.28. The normalized spacial score (nSPS) is 21.8. The number of rotatable bonds is 1. The molecule has 2 amide bonds. The number of likely N-dealkylation sites (tertiary alicyclic amines) is 1. The summed E-state index contributed by atoms with van der Waals surface area (Å²) >= 11 is 0. The molecular formula is C16H20N2O3. The van der Waals surface area contributed by atoms with Crippen LogP contribution in [-0.4, -0.2) is 46.5 Å². The molecule has 1 fully saturated rings. The van der Waals surface area contributed by atoms with E-state index in [1.165, 1.54) is 4.90 Å². The van der Waals surface area contributed by atoms with Crippen LogP contribution in [0.4, 0.5) is 4.79 Å². The Morgan fingerprint density at radius 2 is 1.76 bits per heavy atom. The van der Waals surface area contributed by atoms with Crippen molar-refractivity contribution in [2.75, 3.05) is 19.6 Å². The SMILES string of the molecule is O=C(O)C1c2ccccc2CCN1C(=O)N1CCCCC1. The van der Waals surface area contributed by atoms with Crippen molar-refractivity contribution in [2.24, 2.45) is 0 Å². The lowest BCUT2D eigenvalue weighted by atomic mass is 9.93. The van der Waals surface area contributed by atoms with Gasteiger partial charge in [-0.3, -0.25) is 0 Å². The number of fused-ring (bicyclic) bond motifs is 1. The van der Waals surface area contributed by atoms with Crippen molar-refractivity contribution in [1.82, 2.24) is 9.80 Å². The van der Waals surface area contributed by atoms with Gasteiger partial charge in [0.2, 0.25) is 0 Å². The number of carbonyl (C=O) groups is 2. The van der Waals surface area contributed by atoms with E-state index in [1.54, 1.807) is 4.90 Å². The Bertz CT molecular complexity index is 552. The minimum absolute atomic E-state index is 0.128. The first kappa shape index (κ1) is 13.9. The summed E-state index contributed by atoms with van der Waals surface area (Å²) in [5, 5.41) is 9.59. The van der Waals surface area contributed by atoms with Crippen molar-refractivity contribution in [3.8, 4) is 0 Å². The fourth-order valence-corrected chi connectivity index (χ4v) is 3.31. The van der Waals surface area contributed by atoms with Gasteiger partial charge in [0.25, 0.3) is 0 Å². The van der Waals surface area contributed by atoms with Crippen LogP contribution < -0.4 is 0 Å². The Kier molecular flexibility index (Phi) is 3.82. The van der Waals surface area contributed by atoms with E-state index in [9.17, 15) is 14.7 Å². The Labute approximate surface area is 124 Å². The highest BCUT2D eigenvalue weighted by atomic mass is 16.4. The highest BCUT2D eigenvalue weighted by molar-refractivity contribution is 5.84. The molecule has 3 rings (SSSR count). The second-order valence-electron chi connectivity index (χ2n) is 5.71. The topological polar surface area (TPSA) is 60.9 Å². The molecule has 1 saturated heterocycles. The minimum Gasteiger partial charge on any atom is -0.479 e. The number of carbonyl (C=O) groups excluding carboxylic acids is 1. The molecule has 112 valence electrons. The van der Waals surface area contributed by atoms with Gasteiger partial charge in [0.05, 0.1) is 0 Å². The van der Waals surface area contributed by atoms with Gasteiger partial charge in [-0.2, -0.15) is 0 Å². The minimum atomic E-state index is -0.951. The largest absolute Gasteiger partial charge is 0.479 e. The number of nitrogens with zero attached hydrogens (tertiary/aromatic N) is 2. The smallest absolute Gasteiger partial charge is 0.331 e. The van der Waals surface area contributed by atoms with E-state index in [0.29, 0.717) is 6.54 Å². The summed E-state index contributed by atoms with van der Waals surface area (Å²) in [5.41, 5.74) is 1.79.